The van der Waals surface area contributed by atoms with Crippen LogP contribution in [0, 0.1) is 11.8 Å². The average Bonchev–Trinajstić information content (AvgIpc) is 2.37. The molecular formula is C16H32N2O3. The minimum atomic E-state index is -0.429. The topological polar surface area (TPSA) is 61.8 Å². The molecular weight excluding hydrogens is 268 g/mol. The largest absolute Gasteiger partial charge is 0.444 e. The van der Waals surface area contributed by atoms with E-state index in [2.05, 4.69) is 19.2 Å². The molecule has 0 aromatic heterocycles. The van der Waals surface area contributed by atoms with Crippen molar-refractivity contribution in [2.45, 2.75) is 59.1 Å². The van der Waals surface area contributed by atoms with E-state index in [1.165, 1.54) is 0 Å². The van der Waals surface area contributed by atoms with E-state index >= 15 is 0 Å². The van der Waals surface area contributed by atoms with Crippen molar-refractivity contribution in [2.75, 3.05) is 26.2 Å². The van der Waals surface area contributed by atoms with Gasteiger partial charge in [-0.15, -0.1) is 0 Å². The van der Waals surface area contributed by atoms with Crippen LogP contribution in [0.15, 0.2) is 0 Å². The Balaban J connectivity index is 2.30. The number of carbonyl (C=O) groups excluding carboxylic acids is 1. The van der Waals surface area contributed by atoms with Crippen molar-refractivity contribution in [3.05, 3.63) is 0 Å². The van der Waals surface area contributed by atoms with Crippen molar-refractivity contribution in [3.63, 3.8) is 0 Å². The number of nitrogens with zero attached hydrogens (tertiary/aromatic N) is 1. The van der Waals surface area contributed by atoms with Gasteiger partial charge in [0, 0.05) is 19.1 Å². The van der Waals surface area contributed by atoms with Gasteiger partial charge in [-0.05, 0) is 52.0 Å². The molecule has 5 heteroatoms. The van der Waals surface area contributed by atoms with Gasteiger partial charge in [-0.2, -0.15) is 0 Å². The summed E-state index contributed by atoms with van der Waals surface area (Å²) in [4.78, 5) is 13.8. The first-order chi connectivity index (χ1) is 9.73. The van der Waals surface area contributed by atoms with Gasteiger partial charge in [0.1, 0.15) is 5.60 Å². The van der Waals surface area contributed by atoms with Gasteiger partial charge in [0.25, 0.3) is 0 Å². The Hall–Kier alpha value is -0.810. The molecule has 1 fully saturated rings. The average molecular weight is 300 g/mol. The van der Waals surface area contributed by atoms with Gasteiger partial charge in [0.15, 0.2) is 0 Å². The van der Waals surface area contributed by atoms with E-state index in [4.69, 9.17) is 4.74 Å². The predicted octanol–water partition coefficient (Wildman–Crippen LogP) is 2.24. The normalized spacial score (nSPS) is 18.9. The first kappa shape index (κ1) is 18.2. The maximum Gasteiger partial charge on any atom is 0.410 e. The molecule has 0 unspecified atom stereocenters. The minimum absolute atomic E-state index is 0.161. The highest BCUT2D eigenvalue weighted by molar-refractivity contribution is 5.68. The first-order valence-electron chi connectivity index (χ1n) is 8.05. The molecule has 124 valence electrons. The maximum absolute atomic E-state index is 12.0. The molecule has 1 amide bonds. The van der Waals surface area contributed by atoms with Gasteiger partial charge in [0.2, 0.25) is 0 Å². The Labute approximate surface area is 129 Å². The third kappa shape index (κ3) is 6.66. The fourth-order valence-corrected chi connectivity index (χ4v) is 2.48. The Morgan fingerprint density at radius 1 is 1.33 bits per heavy atom. The summed E-state index contributed by atoms with van der Waals surface area (Å²) in [6, 6.07) is 0.161. The maximum atomic E-state index is 12.0. The second-order valence-electron chi connectivity index (χ2n) is 7.35. The lowest BCUT2D eigenvalue weighted by Gasteiger charge is -2.34. The van der Waals surface area contributed by atoms with E-state index in [-0.39, 0.29) is 18.7 Å². The second-order valence-corrected chi connectivity index (χ2v) is 7.35. The number of amides is 1. The number of hydrogen-bond donors (Lipinski definition) is 2. The molecule has 1 saturated heterocycles. The van der Waals surface area contributed by atoms with Crippen LogP contribution in [-0.2, 0) is 4.74 Å². The van der Waals surface area contributed by atoms with Crippen molar-refractivity contribution in [1.29, 1.82) is 0 Å². The van der Waals surface area contributed by atoms with Crippen LogP contribution in [0.1, 0.15) is 47.5 Å². The van der Waals surface area contributed by atoms with E-state index in [1.54, 1.807) is 4.90 Å². The van der Waals surface area contributed by atoms with Gasteiger partial charge in [-0.1, -0.05) is 13.8 Å². The van der Waals surface area contributed by atoms with Crippen LogP contribution in [0.4, 0.5) is 4.79 Å². The monoisotopic (exact) mass is 300 g/mol. The number of nitrogens with one attached hydrogen (secondary N) is 1. The van der Waals surface area contributed by atoms with E-state index in [0.29, 0.717) is 11.8 Å². The van der Waals surface area contributed by atoms with Crippen LogP contribution in [0.3, 0.4) is 0 Å². The highest BCUT2D eigenvalue weighted by atomic mass is 16.6. The summed E-state index contributed by atoms with van der Waals surface area (Å²) in [5.41, 5.74) is -0.429. The molecule has 2 N–H and O–H groups in total. The zero-order valence-corrected chi connectivity index (χ0v) is 14.2. The van der Waals surface area contributed by atoms with Gasteiger partial charge in [-0.25, -0.2) is 4.79 Å². The first-order valence-corrected chi connectivity index (χ1v) is 8.05. The van der Waals surface area contributed by atoms with Gasteiger partial charge in [-0.3, -0.25) is 0 Å². The number of hydrogen-bond acceptors (Lipinski definition) is 4. The molecule has 1 aliphatic rings. The highest BCUT2D eigenvalue weighted by Crippen LogP contribution is 2.19. The van der Waals surface area contributed by atoms with Crippen LogP contribution in [-0.4, -0.2) is 54.0 Å². The summed E-state index contributed by atoms with van der Waals surface area (Å²) in [5.74, 6) is 0.994. The Morgan fingerprint density at radius 2 is 1.90 bits per heavy atom. The summed E-state index contributed by atoms with van der Waals surface area (Å²) in [7, 11) is 0. The molecule has 0 aliphatic carbocycles. The van der Waals surface area contributed by atoms with Crippen molar-refractivity contribution < 1.29 is 14.6 Å². The number of ether oxygens (including phenoxy) is 1. The number of carbonyl (C=O) groups is 1. The SMILES string of the molecule is CC(C)[C@@H](CO)NCC1CCN(C(=O)OC(C)(C)C)CC1. The lowest BCUT2D eigenvalue weighted by Crippen LogP contribution is -2.45. The minimum Gasteiger partial charge on any atom is -0.444 e. The fraction of sp³-hybridized carbons (Fsp3) is 0.938. The Morgan fingerprint density at radius 3 is 2.33 bits per heavy atom. The summed E-state index contributed by atoms with van der Waals surface area (Å²) >= 11 is 0. The van der Waals surface area contributed by atoms with Crippen LogP contribution >= 0.6 is 0 Å². The van der Waals surface area contributed by atoms with Crippen LogP contribution in [0.25, 0.3) is 0 Å². The number of aliphatic hydroxyl groups excluding tert-OH is 1. The zero-order chi connectivity index (χ0) is 16.0. The quantitative estimate of drug-likeness (QED) is 0.817. The van der Waals surface area contributed by atoms with Gasteiger partial charge < -0.3 is 20.1 Å². The molecule has 21 heavy (non-hydrogen) atoms. The molecule has 1 atom stereocenters. The van der Waals surface area contributed by atoms with Gasteiger partial charge in [0.05, 0.1) is 6.61 Å². The van der Waals surface area contributed by atoms with Gasteiger partial charge >= 0.3 is 6.09 Å². The summed E-state index contributed by atoms with van der Waals surface area (Å²) in [5, 5.41) is 12.8. The summed E-state index contributed by atoms with van der Waals surface area (Å²) < 4.78 is 5.40. The van der Waals surface area contributed by atoms with E-state index < -0.39 is 5.60 Å². The van der Waals surface area contributed by atoms with E-state index in [1.807, 2.05) is 20.8 Å². The fourth-order valence-electron chi connectivity index (χ4n) is 2.48. The number of piperidine rings is 1. The third-order valence-corrected chi connectivity index (χ3v) is 3.94. The molecule has 5 nitrogen and oxygen atoms in total. The molecule has 0 radical (unpaired) electrons. The van der Waals surface area contributed by atoms with Crippen LogP contribution < -0.4 is 5.32 Å². The number of rotatable bonds is 5. The summed E-state index contributed by atoms with van der Waals surface area (Å²) in [6.07, 6.45) is 1.77. The molecule has 0 spiro atoms. The van der Waals surface area contributed by atoms with Crippen molar-refractivity contribution >= 4 is 6.09 Å². The van der Waals surface area contributed by atoms with E-state index in [9.17, 15) is 9.90 Å². The Bertz CT molecular complexity index is 318. The lowest BCUT2D eigenvalue weighted by atomic mass is 9.96. The second kappa shape index (κ2) is 7.99. The highest BCUT2D eigenvalue weighted by Gasteiger charge is 2.27. The molecule has 1 rings (SSSR count). The van der Waals surface area contributed by atoms with E-state index in [0.717, 1.165) is 32.5 Å². The smallest absolute Gasteiger partial charge is 0.410 e. The number of likely N-dealkylation sites (tertiary alicyclic amines) is 1. The van der Waals surface area contributed by atoms with Crippen LogP contribution in [0.5, 0.6) is 0 Å². The molecule has 0 aromatic rings. The standard InChI is InChI=1S/C16H32N2O3/c1-12(2)14(11-19)17-10-13-6-8-18(9-7-13)15(20)21-16(3,4)5/h12-14,17,19H,6-11H2,1-5H3/t14-/m1/s1. The van der Waals surface area contributed by atoms with Crippen molar-refractivity contribution in [2.24, 2.45) is 11.8 Å². The third-order valence-electron chi connectivity index (χ3n) is 3.94. The van der Waals surface area contributed by atoms with Crippen LogP contribution in [0.2, 0.25) is 0 Å². The Kier molecular flexibility index (Phi) is 6.94. The molecule has 1 heterocycles. The summed E-state index contributed by atoms with van der Waals surface area (Å²) in [6.45, 7) is 12.5. The molecule has 0 aromatic carbocycles. The molecule has 0 bridgehead atoms. The van der Waals surface area contributed by atoms with Crippen molar-refractivity contribution in [1.82, 2.24) is 10.2 Å². The molecule has 0 saturated carbocycles. The van der Waals surface area contributed by atoms with Crippen molar-refractivity contribution in [3.8, 4) is 0 Å². The lowest BCUT2D eigenvalue weighted by molar-refractivity contribution is 0.0182. The predicted molar refractivity (Wildman–Crippen MR) is 84.2 cm³/mol. The zero-order valence-electron chi connectivity index (χ0n) is 14.2. The molecule has 1 aliphatic heterocycles. The number of aliphatic hydroxyl groups is 1.